The van der Waals surface area contributed by atoms with Gasteiger partial charge in [0.15, 0.2) is 0 Å². The summed E-state index contributed by atoms with van der Waals surface area (Å²) in [4.78, 5) is 4.69. The smallest absolute Gasteiger partial charge is 0.0541 e. The molecule has 4 heterocycles. The van der Waals surface area contributed by atoms with E-state index in [1.807, 2.05) is 0 Å². The first-order valence-corrected chi connectivity index (χ1v) is 33.4. The highest BCUT2D eigenvalue weighted by Gasteiger charge is 2.21. The summed E-state index contributed by atoms with van der Waals surface area (Å²) in [6.45, 7) is 0. The maximum absolute atomic E-state index is 3.69. The van der Waals surface area contributed by atoms with Gasteiger partial charge in [0.05, 0.1) is 44.1 Å². The third-order valence-corrected chi connectivity index (χ3v) is 19.5. The van der Waals surface area contributed by atoms with Crippen LogP contribution in [-0.4, -0.2) is 18.3 Å². The summed E-state index contributed by atoms with van der Waals surface area (Å²) in [7, 11) is 0. The average Bonchev–Trinajstić information content (AvgIpc) is 1.60. The SMILES string of the molecule is c1ccc2c(c1)c1ccccc1n2-c1ccc(N(c2ccc(Nc3ccc(Nc4ccc(N(c5ccc(-n6c7ccccc7c7ccccc76)cc5)c5ccc(-n6c7ccccc7c7ccccc76)cc5)cc4)cc3)cc2)c2ccc(-n3c4ccccc4c4ccccc43)cc2)cc1. The van der Waals surface area contributed by atoms with E-state index in [4.69, 9.17) is 0 Å². The second-order valence-electron chi connectivity index (χ2n) is 25.1. The quantitative estimate of drug-likeness (QED) is 0.114. The van der Waals surface area contributed by atoms with Crippen molar-refractivity contribution in [3.8, 4) is 22.7 Å². The molecule has 19 rings (SSSR count). The molecule has 0 amide bonds. The topological polar surface area (TPSA) is 50.3 Å². The van der Waals surface area contributed by atoms with Gasteiger partial charge in [-0.15, -0.1) is 0 Å². The number of para-hydroxylation sites is 8. The Morgan fingerprint density at radius 2 is 0.296 bits per heavy atom. The predicted molar refractivity (Wildman–Crippen MR) is 413 cm³/mol. The molecule has 0 bridgehead atoms. The van der Waals surface area contributed by atoms with Gasteiger partial charge in [0.2, 0.25) is 0 Å². The Balaban J connectivity index is 0.601. The minimum atomic E-state index is 0.987. The molecule has 19 aromatic rings. The van der Waals surface area contributed by atoms with E-state index in [-0.39, 0.29) is 0 Å². The van der Waals surface area contributed by atoms with Crippen LogP contribution in [-0.2, 0) is 0 Å². The van der Waals surface area contributed by atoms with Crippen LogP contribution in [0.1, 0.15) is 0 Å². The highest BCUT2D eigenvalue weighted by Crippen LogP contribution is 2.43. The fourth-order valence-electron chi connectivity index (χ4n) is 15.1. The Labute approximate surface area is 566 Å². The first-order chi connectivity index (χ1) is 48.6. The Morgan fingerprint density at radius 1 is 0.153 bits per heavy atom. The minimum Gasteiger partial charge on any atom is -0.356 e. The second kappa shape index (κ2) is 23.3. The lowest BCUT2D eigenvalue weighted by Crippen LogP contribution is -2.10. The van der Waals surface area contributed by atoms with E-state index in [0.29, 0.717) is 0 Å². The highest BCUT2D eigenvalue weighted by atomic mass is 15.2. The summed E-state index contributed by atoms with van der Waals surface area (Å²) in [6, 6.07) is 131. The van der Waals surface area contributed by atoms with Crippen molar-refractivity contribution in [2.45, 2.75) is 0 Å². The molecule has 4 aromatic heterocycles. The zero-order chi connectivity index (χ0) is 64.6. The Kier molecular flexibility index (Phi) is 13.4. The van der Waals surface area contributed by atoms with Crippen LogP contribution in [0.2, 0.25) is 0 Å². The predicted octanol–water partition coefficient (Wildman–Crippen LogP) is 24.5. The largest absolute Gasteiger partial charge is 0.356 e. The van der Waals surface area contributed by atoms with Crippen LogP contribution in [0.15, 0.2) is 364 Å². The van der Waals surface area contributed by atoms with Crippen molar-refractivity contribution in [1.82, 2.24) is 18.3 Å². The van der Waals surface area contributed by atoms with Gasteiger partial charge < -0.3 is 38.7 Å². The molecule has 0 aliphatic heterocycles. The molecule has 15 aromatic carbocycles. The average molecular weight is 1260 g/mol. The lowest BCUT2D eigenvalue weighted by molar-refractivity contribution is 1.17. The number of nitrogens with zero attached hydrogens (tertiary/aromatic N) is 6. The number of fused-ring (bicyclic) bond motifs is 12. The number of hydrogen-bond donors (Lipinski definition) is 2. The van der Waals surface area contributed by atoms with Crippen LogP contribution >= 0.6 is 0 Å². The van der Waals surface area contributed by atoms with Crippen molar-refractivity contribution in [3.63, 3.8) is 0 Å². The van der Waals surface area contributed by atoms with Crippen molar-refractivity contribution < 1.29 is 0 Å². The standard InChI is InChI=1S/C90H62N8/c1-9-25-83-75(17-1)76-18-2-10-26-84(76)95(83)71-53-45-67(46-54-71)93(68-47-55-72(56-48-68)96-85-27-11-3-19-77(85)78-20-4-12-28-86(78)96)65-41-37-63(38-42-65)91-61-33-35-62(36-34-61)92-64-39-43-66(44-40-64)94(69-49-57-73(58-50-69)97-87-29-13-5-21-79(87)80-22-6-14-30-88(80)97)70-51-59-74(60-52-70)98-89-31-15-7-23-81(89)82-24-8-16-32-90(82)98/h1-60,91-92H. The van der Waals surface area contributed by atoms with Gasteiger partial charge in [-0.3, -0.25) is 0 Å². The van der Waals surface area contributed by atoms with E-state index in [0.717, 1.165) is 79.6 Å². The molecule has 0 aliphatic carbocycles. The number of anilines is 10. The van der Waals surface area contributed by atoms with E-state index in [1.54, 1.807) is 0 Å². The fourth-order valence-corrected chi connectivity index (χ4v) is 15.1. The Hall–Kier alpha value is -13.3. The molecule has 0 saturated heterocycles. The molecular formula is C90H62N8. The highest BCUT2D eigenvalue weighted by molar-refractivity contribution is 6.12. The normalized spacial score (nSPS) is 11.7. The van der Waals surface area contributed by atoms with Gasteiger partial charge in [-0.25, -0.2) is 0 Å². The van der Waals surface area contributed by atoms with E-state index in [9.17, 15) is 0 Å². The number of benzene rings is 15. The summed E-state index contributed by atoms with van der Waals surface area (Å²) in [5.41, 5.74) is 24.2. The molecule has 2 N–H and O–H groups in total. The lowest BCUT2D eigenvalue weighted by Gasteiger charge is -2.26. The monoisotopic (exact) mass is 1250 g/mol. The summed E-state index contributed by atoms with van der Waals surface area (Å²) in [6.07, 6.45) is 0. The Bertz CT molecular complexity index is 5290. The van der Waals surface area contributed by atoms with Crippen molar-refractivity contribution in [2.24, 2.45) is 0 Å². The van der Waals surface area contributed by atoms with Gasteiger partial charge in [0.25, 0.3) is 0 Å². The molecule has 0 spiro atoms. The number of hydrogen-bond acceptors (Lipinski definition) is 4. The van der Waals surface area contributed by atoms with Gasteiger partial charge in [-0.2, -0.15) is 0 Å². The third-order valence-electron chi connectivity index (χ3n) is 19.5. The second-order valence-corrected chi connectivity index (χ2v) is 25.1. The van der Waals surface area contributed by atoms with Crippen LogP contribution in [0.3, 0.4) is 0 Å². The van der Waals surface area contributed by atoms with E-state index in [1.165, 1.54) is 87.2 Å². The molecule has 98 heavy (non-hydrogen) atoms. The minimum absolute atomic E-state index is 0.987. The fraction of sp³-hybridized carbons (Fsp3) is 0. The Morgan fingerprint density at radius 3 is 0.469 bits per heavy atom. The van der Waals surface area contributed by atoms with Crippen LogP contribution < -0.4 is 20.4 Å². The number of rotatable bonds is 14. The first-order valence-electron chi connectivity index (χ1n) is 33.4. The molecule has 0 aliphatic rings. The molecular weight excluding hydrogens is 1190 g/mol. The van der Waals surface area contributed by atoms with E-state index < -0.39 is 0 Å². The molecule has 0 saturated carbocycles. The van der Waals surface area contributed by atoms with Crippen LogP contribution in [0.5, 0.6) is 0 Å². The lowest BCUT2D eigenvalue weighted by atomic mass is 10.1. The van der Waals surface area contributed by atoms with Crippen LogP contribution in [0.4, 0.5) is 56.9 Å². The zero-order valence-electron chi connectivity index (χ0n) is 53.3. The summed E-state index contributed by atoms with van der Waals surface area (Å²) < 4.78 is 9.49. The van der Waals surface area contributed by atoms with Crippen molar-refractivity contribution in [1.29, 1.82) is 0 Å². The number of aromatic nitrogens is 4. The molecule has 0 radical (unpaired) electrons. The summed E-state index contributed by atoms with van der Waals surface area (Å²) in [5.74, 6) is 0. The van der Waals surface area contributed by atoms with E-state index in [2.05, 4.69) is 403 Å². The van der Waals surface area contributed by atoms with Gasteiger partial charge >= 0.3 is 0 Å². The molecule has 0 unspecified atom stereocenters. The number of nitrogens with one attached hydrogen (secondary N) is 2. The maximum Gasteiger partial charge on any atom is 0.0541 e. The summed E-state index contributed by atoms with van der Waals surface area (Å²) in [5, 5.41) is 17.3. The van der Waals surface area contributed by atoms with Crippen molar-refractivity contribution in [2.75, 3.05) is 20.4 Å². The molecule has 462 valence electrons. The maximum atomic E-state index is 3.69. The van der Waals surface area contributed by atoms with E-state index >= 15 is 0 Å². The molecule has 0 fully saturated rings. The zero-order valence-corrected chi connectivity index (χ0v) is 53.3. The summed E-state index contributed by atoms with van der Waals surface area (Å²) >= 11 is 0. The van der Waals surface area contributed by atoms with Crippen molar-refractivity contribution >= 4 is 144 Å². The van der Waals surface area contributed by atoms with Crippen LogP contribution in [0.25, 0.3) is 110 Å². The first kappa shape index (κ1) is 56.3. The molecule has 8 heteroatoms. The van der Waals surface area contributed by atoms with Gasteiger partial charge in [0.1, 0.15) is 0 Å². The van der Waals surface area contributed by atoms with Crippen molar-refractivity contribution in [3.05, 3.63) is 364 Å². The molecule has 8 nitrogen and oxygen atoms in total. The van der Waals surface area contributed by atoms with Crippen LogP contribution in [0, 0.1) is 0 Å². The third kappa shape index (κ3) is 9.53. The van der Waals surface area contributed by atoms with Gasteiger partial charge in [-0.05, 0) is 218 Å². The molecule has 0 atom stereocenters. The van der Waals surface area contributed by atoms with Gasteiger partial charge in [0, 0.05) is 123 Å². The van der Waals surface area contributed by atoms with Gasteiger partial charge in [-0.1, -0.05) is 146 Å².